The molecule has 8 nitrogen and oxygen atoms in total. The Morgan fingerprint density at radius 3 is 2.65 bits per heavy atom. The van der Waals surface area contributed by atoms with Crippen molar-refractivity contribution in [2.45, 2.75) is 20.0 Å². The smallest absolute Gasteiger partial charge is 0.194 e. The van der Waals surface area contributed by atoms with Crippen LogP contribution in [0, 0.1) is 6.92 Å². The zero-order chi connectivity index (χ0) is 18.4. The van der Waals surface area contributed by atoms with Gasteiger partial charge in [0, 0.05) is 46.7 Å². The Labute approximate surface area is 176 Å². The van der Waals surface area contributed by atoms with Gasteiger partial charge in [0.05, 0.1) is 18.2 Å². The normalized spacial score (nSPS) is 11.4. The van der Waals surface area contributed by atoms with E-state index < -0.39 is 0 Å². The maximum atomic E-state index is 6.07. The average Bonchev–Trinajstić information content (AvgIpc) is 3.05. The second-order valence-electron chi connectivity index (χ2n) is 5.90. The number of aryl methyl sites for hydroxylation is 2. The Hall–Kier alpha value is -1.33. The SMILES string of the molecule is COCCNC(=NCc1nnc(C)n1C)N(C)Cc1cc(Cl)cn1C.I. The molecule has 2 rings (SSSR count). The van der Waals surface area contributed by atoms with E-state index >= 15 is 0 Å². The molecule has 10 heteroatoms. The lowest BCUT2D eigenvalue weighted by Gasteiger charge is -2.22. The van der Waals surface area contributed by atoms with E-state index in [4.69, 9.17) is 16.3 Å². The average molecular weight is 496 g/mol. The standard InChI is InChI=1S/C16H26ClN7O.HI/c1-12-20-21-15(24(12)4)9-19-16(18-6-7-25-5)23(3)11-14-8-13(17)10-22(14)2;/h8,10H,6-7,9,11H2,1-5H3,(H,18,19);1H. The first-order valence-corrected chi connectivity index (χ1v) is 8.44. The molecule has 0 aromatic carbocycles. The summed E-state index contributed by atoms with van der Waals surface area (Å²) >= 11 is 6.07. The predicted molar refractivity (Wildman–Crippen MR) is 114 cm³/mol. The molecule has 1 N–H and O–H groups in total. The molecule has 0 saturated carbocycles. The molecule has 0 aliphatic rings. The molecule has 26 heavy (non-hydrogen) atoms. The van der Waals surface area contributed by atoms with Crippen molar-refractivity contribution in [3.05, 3.63) is 34.6 Å². The molecular weight excluding hydrogens is 469 g/mol. The summed E-state index contributed by atoms with van der Waals surface area (Å²) in [5.74, 6) is 2.46. The number of ether oxygens (including phenoxy) is 1. The van der Waals surface area contributed by atoms with Gasteiger partial charge in [-0.05, 0) is 13.0 Å². The third kappa shape index (κ3) is 6.13. The van der Waals surface area contributed by atoms with E-state index in [1.807, 2.05) is 54.4 Å². The lowest BCUT2D eigenvalue weighted by atomic mass is 10.4. The zero-order valence-corrected chi connectivity index (χ0v) is 18.9. The van der Waals surface area contributed by atoms with Gasteiger partial charge in [-0.1, -0.05) is 11.6 Å². The highest BCUT2D eigenvalue weighted by molar-refractivity contribution is 14.0. The highest BCUT2D eigenvalue weighted by atomic mass is 127. The molecule has 0 aliphatic heterocycles. The van der Waals surface area contributed by atoms with Gasteiger partial charge >= 0.3 is 0 Å². The van der Waals surface area contributed by atoms with Gasteiger partial charge < -0.3 is 24.1 Å². The minimum Gasteiger partial charge on any atom is -0.383 e. The van der Waals surface area contributed by atoms with Crippen LogP contribution in [0.4, 0.5) is 0 Å². The fourth-order valence-corrected chi connectivity index (χ4v) is 2.62. The summed E-state index contributed by atoms with van der Waals surface area (Å²) in [7, 11) is 7.58. The van der Waals surface area contributed by atoms with Crippen LogP contribution in [0.15, 0.2) is 17.3 Å². The van der Waals surface area contributed by atoms with E-state index in [0.717, 1.165) is 28.3 Å². The fraction of sp³-hybridized carbons (Fsp3) is 0.562. The van der Waals surface area contributed by atoms with E-state index in [-0.39, 0.29) is 24.0 Å². The number of aliphatic imine (C=N–C) groups is 1. The number of hydrogen-bond acceptors (Lipinski definition) is 4. The molecule has 0 saturated heterocycles. The molecule has 0 aliphatic carbocycles. The van der Waals surface area contributed by atoms with Crippen molar-refractivity contribution >= 4 is 41.5 Å². The highest BCUT2D eigenvalue weighted by Crippen LogP contribution is 2.14. The van der Waals surface area contributed by atoms with Crippen molar-refractivity contribution in [1.82, 2.24) is 29.5 Å². The lowest BCUT2D eigenvalue weighted by Crippen LogP contribution is -2.40. The molecule has 0 spiro atoms. The zero-order valence-electron chi connectivity index (χ0n) is 15.9. The van der Waals surface area contributed by atoms with E-state index in [2.05, 4.69) is 20.5 Å². The largest absolute Gasteiger partial charge is 0.383 e. The van der Waals surface area contributed by atoms with Crippen molar-refractivity contribution in [1.29, 1.82) is 0 Å². The first kappa shape index (κ1) is 22.7. The Balaban J connectivity index is 0.00000338. The number of aromatic nitrogens is 4. The summed E-state index contributed by atoms with van der Waals surface area (Å²) in [6, 6.07) is 1.96. The minimum absolute atomic E-state index is 0. The topological polar surface area (TPSA) is 72.5 Å². The third-order valence-corrected chi connectivity index (χ3v) is 4.18. The van der Waals surface area contributed by atoms with E-state index in [1.165, 1.54) is 0 Å². The van der Waals surface area contributed by atoms with Crippen LogP contribution in [0.3, 0.4) is 0 Å². The minimum atomic E-state index is 0. The number of halogens is 2. The molecule has 2 aromatic heterocycles. The summed E-state index contributed by atoms with van der Waals surface area (Å²) in [6.45, 7) is 4.32. The van der Waals surface area contributed by atoms with Crippen molar-refractivity contribution in [3.63, 3.8) is 0 Å². The number of nitrogens with zero attached hydrogens (tertiary/aromatic N) is 6. The monoisotopic (exact) mass is 495 g/mol. The van der Waals surface area contributed by atoms with Gasteiger partial charge in [0.15, 0.2) is 11.8 Å². The van der Waals surface area contributed by atoms with Crippen molar-refractivity contribution in [3.8, 4) is 0 Å². The first-order valence-electron chi connectivity index (χ1n) is 8.06. The molecule has 0 atom stereocenters. The van der Waals surface area contributed by atoms with Crippen LogP contribution < -0.4 is 5.32 Å². The molecule has 0 fully saturated rings. The molecule has 0 unspecified atom stereocenters. The maximum absolute atomic E-state index is 6.07. The Morgan fingerprint density at radius 2 is 2.12 bits per heavy atom. The van der Waals surface area contributed by atoms with Crippen molar-refractivity contribution in [2.75, 3.05) is 27.3 Å². The summed E-state index contributed by atoms with van der Waals surface area (Å²) in [5.41, 5.74) is 1.10. The van der Waals surface area contributed by atoms with E-state index in [9.17, 15) is 0 Å². The molecule has 2 aromatic rings. The Bertz CT molecular complexity index is 728. The van der Waals surface area contributed by atoms with E-state index in [1.54, 1.807) is 7.11 Å². The van der Waals surface area contributed by atoms with Crippen molar-refractivity contribution < 1.29 is 4.74 Å². The number of nitrogens with one attached hydrogen (secondary N) is 1. The fourth-order valence-electron chi connectivity index (χ4n) is 2.35. The second-order valence-corrected chi connectivity index (χ2v) is 6.33. The van der Waals surface area contributed by atoms with Gasteiger partial charge in [-0.15, -0.1) is 34.2 Å². The van der Waals surface area contributed by atoms with Gasteiger partial charge in [-0.2, -0.15) is 0 Å². The molecule has 146 valence electrons. The quantitative estimate of drug-likeness (QED) is 0.275. The lowest BCUT2D eigenvalue weighted by molar-refractivity contribution is 0.202. The Morgan fingerprint density at radius 1 is 1.38 bits per heavy atom. The van der Waals surface area contributed by atoms with Crippen LogP contribution in [0.2, 0.25) is 5.02 Å². The second kappa shape index (κ2) is 10.7. The summed E-state index contributed by atoms with van der Waals surface area (Å²) in [5, 5.41) is 12.3. The van der Waals surface area contributed by atoms with Crippen LogP contribution in [0.25, 0.3) is 0 Å². The van der Waals surface area contributed by atoms with Gasteiger partial charge in [0.2, 0.25) is 0 Å². The summed E-state index contributed by atoms with van der Waals surface area (Å²) in [4.78, 5) is 6.73. The van der Waals surface area contributed by atoms with Gasteiger partial charge in [0.1, 0.15) is 12.4 Å². The number of methoxy groups -OCH3 is 1. The first-order chi connectivity index (χ1) is 11.9. The van der Waals surface area contributed by atoms with Crippen LogP contribution in [-0.4, -0.2) is 57.5 Å². The molecular formula is C16H27ClIN7O. The molecule has 0 amide bonds. The van der Waals surface area contributed by atoms with Gasteiger partial charge in [-0.25, -0.2) is 4.99 Å². The number of rotatable bonds is 7. The van der Waals surface area contributed by atoms with Gasteiger partial charge in [0.25, 0.3) is 0 Å². The predicted octanol–water partition coefficient (Wildman–Crippen LogP) is 1.96. The van der Waals surface area contributed by atoms with Crippen LogP contribution in [0.1, 0.15) is 17.3 Å². The highest BCUT2D eigenvalue weighted by Gasteiger charge is 2.11. The third-order valence-electron chi connectivity index (χ3n) is 3.98. The van der Waals surface area contributed by atoms with Crippen molar-refractivity contribution in [2.24, 2.45) is 19.1 Å². The van der Waals surface area contributed by atoms with Gasteiger partial charge in [-0.3, -0.25) is 0 Å². The van der Waals surface area contributed by atoms with Crippen LogP contribution in [-0.2, 0) is 31.9 Å². The number of hydrogen-bond donors (Lipinski definition) is 1. The molecule has 0 bridgehead atoms. The Kier molecular flexibility index (Phi) is 9.37. The van der Waals surface area contributed by atoms with Crippen LogP contribution in [0.5, 0.6) is 0 Å². The van der Waals surface area contributed by atoms with E-state index in [0.29, 0.717) is 26.2 Å². The number of guanidine groups is 1. The molecule has 0 radical (unpaired) electrons. The summed E-state index contributed by atoms with van der Waals surface area (Å²) in [6.07, 6.45) is 1.89. The molecule has 2 heterocycles. The van der Waals surface area contributed by atoms with Crippen LogP contribution >= 0.6 is 35.6 Å². The summed E-state index contributed by atoms with van der Waals surface area (Å²) < 4.78 is 9.06. The maximum Gasteiger partial charge on any atom is 0.194 e.